The maximum Gasteiger partial charge on any atom is 0.272 e. The van der Waals surface area contributed by atoms with Crippen molar-refractivity contribution in [1.82, 2.24) is 15.5 Å². The van der Waals surface area contributed by atoms with Gasteiger partial charge in [-0.25, -0.2) is 8.42 Å². The molecule has 1 heterocycles. The highest BCUT2D eigenvalue weighted by Gasteiger charge is 2.10. The predicted molar refractivity (Wildman–Crippen MR) is 88.7 cm³/mol. The summed E-state index contributed by atoms with van der Waals surface area (Å²) in [6.07, 6.45) is 2.91. The van der Waals surface area contributed by atoms with Gasteiger partial charge in [0.1, 0.15) is 5.69 Å². The molecule has 0 radical (unpaired) electrons. The molecule has 0 aliphatic heterocycles. The second-order valence-corrected chi connectivity index (χ2v) is 7.03. The number of sulfonamides is 1. The summed E-state index contributed by atoms with van der Waals surface area (Å²) in [7, 11) is -3.32. The molecular formula is C15H20N4O3S. The number of aromatic amines is 1. The Morgan fingerprint density at radius 1 is 1.30 bits per heavy atom. The molecule has 0 aliphatic rings. The van der Waals surface area contributed by atoms with Gasteiger partial charge in [-0.1, -0.05) is 25.5 Å². The van der Waals surface area contributed by atoms with Crippen molar-refractivity contribution in [3.05, 3.63) is 47.3 Å². The summed E-state index contributed by atoms with van der Waals surface area (Å²) >= 11 is 0. The van der Waals surface area contributed by atoms with Crippen LogP contribution in [0.3, 0.4) is 0 Å². The molecule has 1 amide bonds. The van der Waals surface area contributed by atoms with Gasteiger partial charge < -0.3 is 5.32 Å². The van der Waals surface area contributed by atoms with Gasteiger partial charge in [0.15, 0.2) is 0 Å². The minimum absolute atomic E-state index is 0.273. The van der Waals surface area contributed by atoms with Gasteiger partial charge in [-0.2, -0.15) is 5.10 Å². The van der Waals surface area contributed by atoms with Crippen molar-refractivity contribution >= 4 is 21.6 Å². The summed E-state index contributed by atoms with van der Waals surface area (Å²) in [4.78, 5) is 12.0. The van der Waals surface area contributed by atoms with Crippen LogP contribution in [0.1, 0.15) is 35.1 Å². The molecule has 0 fully saturated rings. The third-order valence-corrected chi connectivity index (χ3v) is 3.67. The van der Waals surface area contributed by atoms with Gasteiger partial charge in [-0.15, -0.1) is 0 Å². The molecule has 0 bridgehead atoms. The summed E-state index contributed by atoms with van der Waals surface area (Å²) < 4.78 is 24.9. The molecule has 2 rings (SSSR count). The van der Waals surface area contributed by atoms with Gasteiger partial charge in [-0.3, -0.25) is 14.6 Å². The van der Waals surface area contributed by atoms with Crippen LogP contribution in [0.2, 0.25) is 0 Å². The molecule has 3 N–H and O–H groups in total. The second kappa shape index (κ2) is 7.28. The molecule has 0 saturated heterocycles. The normalized spacial score (nSPS) is 11.2. The zero-order valence-electron chi connectivity index (χ0n) is 13.1. The van der Waals surface area contributed by atoms with Crippen molar-refractivity contribution in [2.75, 3.05) is 11.0 Å². The van der Waals surface area contributed by atoms with E-state index in [1.165, 1.54) is 0 Å². The van der Waals surface area contributed by atoms with Crippen molar-refractivity contribution in [3.63, 3.8) is 0 Å². The maximum absolute atomic E-state index is 12.0. The number of carbonyl (C=O) groups is 1. The van der Waals surface area contributed by atoms with E-state index in [1.54, 1.807) is 30.3 Å². The van der Waals surface area contributed by atoms with E-state index >= 15 is 0 Å². The molecule has 124 valence electrons. The molecule has 0 saturated carbocycles. The predicted octanol–water partition coefficient (Wildman–Crippen LogP) is 1.66. The number of rotatable bonds is 7. The lowest BCUT2D eigenvalue weighted by Gasteiger charge is -2.07. The fourth-order valence-corrected chi connectivity index (χ4v) is 2.66. The fraction of sp³-hybridized carbons (Fsp3) is 0.333. The van der Waals surface area contributed by atoms with Crippen LogP contribution >= 0.6 is 0 Å². The Labute approximate surface area is 135 Å². The number of H-pyrrole nitrogens is 1. The van der Waals surface area contributed by atoms with E-state index in [-0.39, 0.29) is 12.5 Å². The SMILES string of the molecule is CCCc1cc(C(=O)NCc2cccc(NS(C)(=O)=O)c2)n[nH]1. The number of aromatic nitrogens is 2. The lowest BCUT2D eigenvalue weighted by Crippen LogP contribution is -2.23. The van der Waals surface area contributed by atoms with Gasteiger partial charge in [0.2, 0.25) is 10.0 Å². The number of hydrogen-bond donors (Lipinski definition) is 3. The smallest absolute Gasteiger partial charge is 0.272 e. The molecule has 8 heteroatoms. The Hall–Kier alpha value is -2.35. The summed E-state index contributed by atoms with van der Waals surface area (Å²) in [6.45, 7) is 2.34. The molecule has 0 spiro atoms. The van der Waals surface area contributed by atoms with Crippen molar-refractivity contribution in [2.45, 2.75) is 26.3 Å². The molecule has 1 aromatic carbocycles. The molecular weight excluding hydrogens is 316 g/mol. The van der Waals surface area contributed by atoms with Gasteiger partial charge >= 0.3 is 0 Å². The fourth-order valence-electron chi connectivity index (χ4n) is 2.11. The maximum atomic E-state index is 12.0. The Morgan fingerprint density at radius 2 is 2.09 bits per heavy atom. The third kappa shape index (κ3) is 5.41. The van der Waals surface area contributed by atoms with Crippen molar-refractivity contribution in [2.24, 2.45) is 0 Å². The van der Waals surface area contributed by atoms with Crippen LogP contribution in [0.25, 0.3) is 0 Å². The van der Waals surface area contributed by atoms with Crippen LogP contribution in [0.5, 0.6) is 0 Å². The van der Waals surface area contributed by atoms with E-state index in [2.05, 4.69) is 27.2 Å². The molecule has 0 aliphatic carbocycles. The van der Waals surface area contributed by atoms with Crippen molar-refractivity contribution in [3.8, 4) is 0 Å². The van der Waals surface area contributed by atoms with E-state index in [1.807, 2.05) is 0 Å². The number of nitrogens with one attached hydrogen (secondary N) is 3. The Balaban J connectivity index is 1.97. The number of hydrogen-bond acceptors (Lipinski definition) is 4. The number of benzene rings is 1. The second-order valence-electron chi connectivity index (χ2n) is 5.29. The van der Waals surface area contributed by atoms with E-state index in [0.717, 1.165) is 30.4 Å². The number of amides is 1. The third-order valence-electron chi connectivity index (χ3n) is 3.07. The van der Waals surface area contributed by atoms with Gasteiger partial charge in [0.05, 0.1) is 6.26 Å². The average Bonchev–Trinajstić information content (AvgIpc) is 2.92. The lowest BCUT2D eigenvalue weighted by molar-refractivity contribution is 0.0946. The molecule has 0 unspecified atom stereocenters. The summed E-state index contributed by atoms with van der Waals surface area (Å²) in [5.74, 6) is -0.273. The van der Waals surface area contributed by atoms with Crippen molar-refractivity contribution in [1.29, 1.82) is 0 Å². The molecule has 2 aromatic rings. The number of aryl methyl sites for hydroxylation is 1. The van der Waals surface area contributed by atoms with Crippen LogP contribution in [0.4, 0.5) is 5.69 Å². The number of anilines is 1. The molecule has 7 nitrogen and oxygen atoms in total. The molecule has 0 atom stereocenters. The summed E-state index contributed by atoms with van der Waals surface area (Å²) in [6, 6.07) is 8.59. The Kier molecular flexibility index (Phi) is 5.38. The highest BCUT2D eigenvalue weighted by atomic mass is 32.2. The number of carbonyl (C=O) groups excluding carboxylic acids is 1. The Morgan fingerprint density at radius 3 is 2.78 bits per heavy atom. The van der Waals surface area contributed by atoms with Gasteiger partial charge in [0, 0.05) is 17.9 Å². The van der Waals surface area contributed by atoms with E-state index in [9.17, 15) is 13.2 Å². The highest BCUT2D eigenvalue weighted by molar-refractivity contribution is 7.92. The first-order valence-electron chi connectivity index (χ1n) is 7.26. The van der Waals surface area contributed by atoms with Gasteiger partial charge in [0.25, 0.3) is 5.91 Å². The summed E-state index contributed by atoms with van der Waals surface area (Å²) in [5.41, 5.74) is 2.52. The summed E-state index contributed by atoms with van der Waals surface area (Å²) in [5, 5.41) is 9.58. The van der Waals surface area contributed by atoms with Crippen LogP contribution in [-0.4, -0.2) is 30.8 Å². The first-order chi connectivity index (χ1) is 10.9. The topological polar surface area (TPSA) is 104 Å². The van der Waals surface area contributed by atoms with E-state index < -0.39 is 10.0 Å². The first kappa shape index (κ1) is 17.0. The monoisotopic (exact) mass is 336 g/mol. The van der Waals surface area contributed by atoms with Crippen molar-refractivity contribution < 1.29 is 13.2 Å². The largest absolute Gasteiger partial charge is 0.347 e. The minimum Gasteiger partial charge on any atom is -0.347 e. The quantitative estimate of drug-likeness (QED) is 0.715. The molecule has 23 heavy (non-hydrogen) atoms. The minimum atomic E-state index is -3.32. The van der Waals surface area contributed by atoms with Crippen LogP contribution in [0.15, 0.2) is 30.3 Å². The van der Waals surface area contributed by atoms with Crippen LogP contribution in [-0.2, 0) is 23.0 Å². The Bertz CT molecular complexity index is 784. The molecule has 1 aromatic heterocycles. The van der Waals surface area contributed by atoms with E-state index in [0.29, 0.717) is 11.4 Å². The van der Waals surface area contributed by atoms with Crippen LogP contribution in [0, 0.1) is 0 Å². The van der Waals surface area contributed by atoms with E-state index in [4.69, 9.17) is 0 Å². The zero-order valence-corrected chi connectivity index (χ0v) is 13.9. The zero-order chi connectivity index (χ0) is 16.9. The average molecular weight is 336 g/mol. The first-order valence-corrected chi connectivity index (χ1v) is 9.15. The standard InChI is InChI=1S/C15H20N4O3S/c1-3-5-12-9-14(18-17-12)15(20)16-10-11-6-4-7-13(8-11)19-23(2,21)22/h4,6-9,19H,3,5,10H2,1-2H3,(H,16,20)(H,17,18). The lowest BCUT2D eigenvalue weighted by atomic mass is 10.2. The van der Waals surface area contributed by atoms with Gasteiger partial charge in [-0.05, 0) is 30.2 Å². The highest BCUT2D eigenvalue weighted by Crippen LogP contribution is 2.12. The number of nitrogens with zero attached hydrogens (tertiary/aromatic N) is 1. The van der Waals surface area contributed by atoms with Crippen LogP contribution < -0.4 is 10.0 Å².